The molecule has 1 atom stereocenters. The van der Waals surface area contributed by atoms with Crippen LogP contribution in [0.2, 0.25) is 5.02 Å². The first-order valence-corrected chi connectivity index (χ1v) is 6.55. The lowest BCUT2D eigenvalue weighted by atomic mass is 10.1. The Morgan fingerprint density at radius 3 is 2.89 bits per heavy atom. The molecule has 0 saturated heterocycles. The lowest BCUT2D eigenvalue weighted by molar-refractivity contribution is 0.495. The Morgan fingerprint density at radius 1 is 1.42 bits per heavy atom. The van der Waals surface area contributed by atoms with Crippen LogP contribution < -0.4 is 5.32 Å². The molecule has 0 radical (unpaired) electrons. The van der Waals surface area contributed by atoms with Crippen LogP contribution in [0, 0.1) is 11.3 Å². The van der Waals surface area contributed by atoms with Gasteiger partial charge in [0.25, 0.3) is 0 Å². The maximum atomic E-state index is 8.82. The van der Waals surface area contributed by atoms with E-state index in [9.17, 15) is 0 Å². The molecule has 1 unspecified atom stereocenters. The molecule has 2 rings (SSSR count). The van der Waals surface area contributed by atoms with Crippen molar-refractivity contribution >= 4 is 17.3 Å². The fourth-order valence-electron chi connectivity index (χ4n) is 1.87. The van der Waals surface area contributed by atoms with E-state index in [1.165, 1.54) is 0 Å². The van der Waals surface area contributed by atoms with Crippen molar-refractivity contribution in [2.75, 3.05) is 5.32 Å². The van der Waals surface area contributed by atoms with Crippen molar-refractivity contribution in [2.45, 2.75) is 25.8 Å². The minimum atomic E-state index is 0.300. The molecule has 0 aliphatic heterocycles. The molecule has 4 heteroatoms. The summed E-state index contributed by atoms with van der Waals surface area (Å²) in [4.78, 5) is 0. The number of benzene rings is 1. The molecule has 98 valence electrons. The van der Waals surface area contributed by atoms with Gasteiger partial charge in [0, 0.05) is 18.2 Å². The van der Waals surface area contributed by atoms with E-state index in [2.05, 4.69) is 12.2 Å². The average Bonchev–Trinajstić information content (AvgIpc) is 2.90. The van der Waals surface area contributed by atoms with Gasteiger partial charge >= 0.3 is 0 Å². The molecule has 0 aliphatic carbocycles. The van der Waals surface area contributed by atoms with Gasteiger partial charge in [-0.15, -0.1) is 0 Å². The second-order valence-electron chi connectivity index (χ2n) is 4.47. The normalized spacial score (nSPS) is 11.8. The second kappa shape index (κ2) is 6.31. The molecule has 1 aromatic carbocycles. The van der Waals surface area contributed by atoms with Crippen LogP contribution >= 0.6 is 11.6 Å². The largest absolute Gasteiger partial charge is 0.469 e. The summed E-state index contributed by atoms with van der Waals surface area (Å²) in [7, 11) is 0. The summed E-state index contributed by atoms with van der Waals surface area (Å²) in [6.45, 7) is 2.11. The molecule has 0 saturated carbocycles. The van der Waals surface area contributed by atoms with Gasteiger partial charge in [0.2, 0.25) is 0 Å². The molecule has 1 heterocycles. The quantitative estimate of drug-likeness (QED) is 0.887. The highest BCUT2D eigenvalue weighted by molar-refractivity contribution is 6.32. The van der Waals surface area contributed by atoms with Gasteiger partial charge in [-0.3, -0.25) is 0 Å². The van der Waals surface area contributed by atoms with Crippen molar-refractivity contribution in [1.29, 1.82) is 5.26 Å². The number of furan rings is 1. The van der Waals surface area contributed by atoms with Gasteiger partial charge in [-0.25, -0.2) is 0 Å². The number of nitriles is 1. The molecule has 3 nitrogen and oxygen atoms in total. The standard InChI is InChI=1S/C15H15ClN2O/c1-11(4-7-14-3-2-8-19-14)18-13-6-5-12(10-17)15(16)9-13/h2-3,5-6,8-9,11,18H,4,7H2,1H3. The van der Waals surface area contributed by atoms with Crippen LogP contribution in [-0.2, 0) is 6.42 Å². The summed E-state index contributed by atoms with van der Waals surface area (Å²) in [6, 6.07) is 11.6. The first-order chi connectivity index (χ1) is 9.19. The van der Waals surface area contributed by atoms with Crippen molar-refractivity contribution in [3.05, 3.63) is 52.9 Å². The van der Waals surface area contributed by atoms with Crippen molar-refractivity contribution in [3.8, 4) is 6.07 Å². The van der Waals surface area contributed by atoms with E-state index < -0.39 is 0 Å². The van der Waals surface area contributed by atoms with Crippen LogP contribution in [-0.4, -0.2) is 6.04 Å². The molecule has 1 N–H and O–H groups in total. The van der Waals surface area contributed by atoms with Gasteiger partial charge < -0.3 is 9.73 Å². The fraction of sp³-hybridized carbons (Fsp3) is 0.267. The Hall–Kier alpha value is -1.92. The van der Waals surface area contributed by atoms with E-state index in [1.54, 1.807) is 18.4 Å². The summed E-state index contributed by atoms with van der Waals surface area (Å²) in [5.74, 6) is 0.992. The number of nitrogens with zero attached hydrogens (tertiary/aromatic N) is 1. The van der Waals surface area contributed by atoms with E-state index in [-0.39, 0.29) is 0 Å². The lowest BCUT2D eigenvalue weighted by Gasteiger charge is -2.15. The molecule has 0 spiro atoms. The average molecular weight is 275 g/mol. The molecule has 0 fully saturated rings. The first kappa shape index (κ1) is 13.5. The Kier molecular flexibility index (Phi) is 4.48. The summed E-state index contributed by atoms with van der Waals surface area (Å²) < 4.78 is 5.30. The third kappa shape index (κ3) is 3.77. The highest BCUT2D eigenvalue weighted by Gasteiger charge is 2.06. The van der Waals surface area contributed by atoms with Crippen molar-refractivity contribution in [2.24, 2.45) is 0 Å². The van der Waals surface area contributed by atoms with Gasteiger partial charge in [0.15, 0.2) is 0 Å². The molecule has 2 aromatic rings. The van der Waals surface area contributed by atoms with E-state index >= 15 is 0 Å². The SMILES string of the molecule is CC(CCc1ccco1)Nc1ccc(C#N)c(Cl)c1. The number of aryl methyl sites for hydroxylation is 1. The number of rotatable bonds is 5. The Bertz CT molecular complexity index is 572. The van der Waals surface area contributed by atoms with Gasteiger partial charge in [-0.05, 0) is 43.7 Å². The number of halogens is 1. The maximum Gasteiger partial charge on any atom is 0.103 e. The summed E-state index contributed by atoms with van der Waals surface area (Å²) in [5, 5.41) is 12.7. The zero-order valence-electron chi connectivity index (χ0n) is 10.7. The van der Waals surface area contributed by atoms with Gasteiger partial charge in [-0.1, -0.05) is 11.6 Å². The second-order valence-corrected chi connectivity index (χ2v) is 4.88. The van der Waals surface area contributed by atoms with Gasteiger partial charge in [0.05, 0.1) is 16.8 Å². The summed E-state index contributed by atoms with van der Waals surface area (Å²) in [6.07, 6.45) is 3.55. The van der Waals surface area contributed by atoms with Crippen LogP contribution in [0.5, 0.6) is 0 Å². The fourth-order valence-corrected chi connectivity index (χ4v) is 2.09. The van der Waals surface area contributed by atoms with E-state index in [4.69, 9.17) is 21.3 Å². The first-order valence-electron chi connectivity index (χ1n) is 6.17. The Balaban J connectivity index is 1.90. The molecule has 19 heavy (non-hydrogen) atoms. The van der Waals surface area contributed by atoms with Crippen molar-refractivity contribution in [1.82, 2.24) is 0 Å². The maximum absolute atomic E-state index is 8.82. The van der Waals surface area contributed by atoms with Crippen molar-refractivity contribution < 1.29 is 4.42 Å². The highest BCUT2D eigenvalue weighted by atomic mass is 35.5. The smallest absolute Gasteiger partial charge is 0.103 e. The third-order valence-corrected chi connectivity index (χ3v) is 3.22. The van der Waals surface area contributed by atoms with E-state index in [1.807, 2.05) is 24.3 Å². The van der Waals surface area contributed by atoms with E-state index in [0.717, 1.165) is 24.3 Å². The molecular formula is C15H15ClN2O. The van der Waals surface area contributed by atoms with Crippen LogP contribution in [0.1, 0.15) is 24.7 Å². The Morgan fingerprint density at radius 2 is 2.26 bits per heavy atom. The molecule has 0 bridgehead atoms. The molecule has 0 aliphatic rings. The zero-order valence-corrected chi connectivity index (χ0v) is 11.4. The number of hydrogen-bond acceptors (Lipinski definition) is 3. The van der Waals surface area contributed by atoms with Crippen molar-refractivity contribution in [3.63, 3.8) is 0 Å². The van der Waals surface area contributed by atoms with Gasteiger partial charge in [-0.2, -0.15) is 5.26 Å². The predicted molar refractivity (Wildman–Crippen MR) is 76.3 cm³/mol. The number of anilines is 1. The summed E-state index contributed by atoms with van der Waals surface area (Å²) >= 11 is 5.99. The van der Waals surface area contributed by atoms with Gasteiger partial charge in [0.1, 0.15) is 11.8 Å². The van der Waals surface area contributed by atoms with Crippen LogP contribution in [0.25, 0.3) is 0 Å². The Labute approximate surface area is 117 Å². The van der Waals surface area contributed by atoms with Crippen LogP contribution in [0.3, 0.4) is 0 Å². The predicted octanol–water partition coefficient (Wildman–Crippen LogP) is 4.24. The summed E-state index contributed by atoms with van der Waals surface area (Å²) in [5.41, 5.74) is 1.42. The number of hydrogen-bond donors (Lipinski definition) is 1. The monoisotopic (exact) mass is 274 g/mol. The zero-order chi connectivity index (χ0) is 13.7. The number of nitrogens with one attached hydrogen (secondary N) is 1. The lowest BCUT2D eigenvalue weighted by Crippen LogP contribution is -2.15. The van der Waals surface area contributed by atoms with E-state index in [0.29, 0.717) is 16.6 Å². The topological polar surface area (TPSA) is 49.0 Å². The van der Waals surface area contributed by atoms with Crippen LogP contribution in [0.4, 0.5) is 5.69 Å². The molecule has 0 amide bonds. The minimum Gasteiger partial charge on any atom is -0.469 e. The molecular weight excluding hydrogens is 260 g/mol. The minimum absolute atomic E-state index is 0.300. The third-order valence-electron chi connectivity index (χ3n) is 2.91. The highest BCUT2D eigenvalue weighted by Crippen LogP contribution is 2.21. The van der Waals surface area contributed by atoms with Crippen LogP contribution in [0.15, 0.2) is 41.0 Å². The molecule has 1 aromatic heterocycles.